The topological polar surface area (TPSA) is 61.9 Å². The van der Waals surface area contributed by atoms with Crippen molar-refractivity contribution in [3.63, 3.8) is 0 Å². The smallest absolute Gasteiger partial charge is 0.341 e. The molecule has 26 heavy (non-hydrogen) atoms. The third-order valence-electron chi connectivity index (χ3n) is 3.67. The molecule has 2 heterocycles. The van der Waals surface area contributed by atoms with Crippen LogP contribution in [0.1, 0.15) is 48.5 Å². The van der Waals surface area contributed by atoms with Gasteiger partial charge >= 0.3 is 5.97 Å². The number of carbonyl (C=O) groups excluding carboxylic acids is 2. The van der Waals surface area contributed by atoms with Crippen molar-refractivity contribution in [2.75, 3.05) is 39.1 Å². The fraction of sp³-hybridized carbons (Fsp3) is 0.579. The molecule has 0 spiro atoms. The van der Waals surface area contributed by atoms with Crippen LogP contribution in [-0.4, -0.2) is 55.5 Å². The molecule has 0 bridgehead atoms. The van der Waals surface area contributed by atoms with Crippen molar-refractivity contribution < 1.29 is 14.3 Å². The van der Waals surface area contributed by atoms with E-state index in [0.717, 1.165) is 21.1 Å². The Labute approximate surface area is 160 Å². The predicted molar refractivity (Wildman–Crippen MR) is 108 cm³/mol. The van der Waals surface area contributed by atoms with Crippen LogP contribution in [0.15, 0.2) is 12.3 Å². The number of nitrogens with one attached hydrogen (secondary N) is 1. The molecule has 1 aromatic rings. The van der Waals surface area contributed by atoms with Gasteiger partial charge in [-0.1, -0.05) is 20.4 Å². The van der Waals surface area contributed by atoms with E-state index in [-0.39, 0.29) is 11.9 Å². The number of anilines is 1. The molecule has 1 amide bonds. The highest BCUT2D eigenvalue weighted by molar-refractivity contribution is 7.16. The number of nitrogens with zero attached hydrogens (tertiary/aromatic N) is 2. The molecule has 0 unspecified atom stereocenters. The summed E-state index contributed by atoms with van der Waals surface area (Å²) in [6, 6.07) is 0. The summed E-state index contributed by atoms with van der Waals surface area (Å²) in [5.41, 5.74) is 2.36. The largest absolute Gasteiger partial charge is 0.462 e. The molecule has 0 aliphatic carbocycles. The number of hydrogen-bond donors (Lipinski definition) is 1. The van der Waals surface area contributed by atoms with Crippen LogP contribution in [0.25, 0.3) is 0 Å². The fourth-order valence-corrected chi connectivity index (χ4v) is 4.02. The maximum atomic E-state index is 12.4. The van der Waals surface area contributed by atoms with E-state index in [1.165, 1.54) is 11.3 Å². The van der Waals surface area contributed by atoms with Crippen molar-refractivity contribution in [1.29, 1.82) is 0 Å². The summed E-state index contributed by atoms with van der Waals surface area (Å²) in [6.07, 6.45) is 0.664. The number of fused-ring (bicyclic) bond motifs is 1. The highest BCUT2D eigenvalue weighted by Crippen LogP contribution is 2.38. The number of thiophene rings is 1. The molecule has 146 valence electrons. The van der Waals surface area contributed by atoms with E-state index < -0.39 is 0 Å². The highest BCUT2D eigenvalue weighted by Gasteiger charge is 2.30. The Bertz CT molecular complexity index is 653. The number of amides is 1. The van der Waals surface area contributed by atoms with Crippen molar-refractivity contribution in [2.45, 2.75) is 40.7 Å². The van der Waals surface area contributed by atoms with Gasteiger partial charge in [0.05, 0.1) is 25.3 Å². The number of carbonyl (C=O) groups is 2. The average Bonchev–Trinajstić information content (AvgIpc) is 2.92. The van der Waals surface area contributed by atoms with Gasteiger partial charge in [-0.15, -0.1) is 11.3 Å². The van der Waals surface area contributed by atoms with Gasteiger partial charge in [0.2, 0.25) is 5.91 Å². The Hall–Kier alpha value is -1.86. The Morgan fingerprint density at radius 2 is 2.00 bits per heavy atom. The number of rotatable bonds is 6. The van der Waals surface area contributed by atoms with E-state index in [9.17, 15) is 9.59 Å². The summed E-state index contributed by atoms with van der Waals surface area (Å²) >= 11 is 1.50. The molecule has 1 N–H and O–H groups in total. The van der Waals surface area contributed by atoms with Crippen LogP contribution in [0.3, 0.4) is 0 Å². The second-order valence-electron chi connectivity index (χ2n) is 6.14. The highest BCUT2D eigenvalue weighted by atomic mass is 32.1. The minimum absolute atomic E-state index is 0.103. The van der Waals surface area contributed by atoms with E-state index in [0.29, 0.717) is 38.2 Å². The van der Waals surface area contributed by atoms with Gasteiger partial charge in [0.25, 0.3) is 0 Å². The van der Waals surface area contributed by atoms with E-state index in [2.05, 4.69) is 11.9 Å². The van der Waals surface area contributed by atoms with E-state index in [1.54, 1.807) is 6.92 Å². The second kappa shape index (κ2) is 10.3. The standard InChI is InChI=1S/C17H25N3O3S.C2H6/c1-6-23-17(22)15-12-7-8-20(14(21)10-19(4)5)9-13(12)24-16(15)18-11(2)3;1-2/h18H,2,6-10H2,1,3-5H3;1-2H3. The zero-order valence-electron chi connectivity index (χ0n) is 16.8. The first-order valence-corrected chi connectivity index (χ1v) is 9.81. The monoisotopic (exact) mass is 381 g/mol. The third-order valence-corrected chi connectivity index (χ3v) is 4.80. The maximum Gasteiger partial charge on any atom is 0.341 e. The zero-order chi connectivity index (χ0) is 19.9. The van der Waals surface area contributed by atoms with Crippen molar-refractivity contribution >= 4 is 28.2 Å². The van der Waals surface area contributed by atoms with Gasteiger partial charge in [-0.3, -0.25) is 4.79 Å². The van der Waals surface area contributed by atoms with Gasteiger partial charge in [-0.05, 0) is 39.9 Å². The lowest BCUT2D eigenvalue weighted by atomic mass is 10.0. The minimum atomic E-state index is -0.313. The van der Waals surface area contributed by atoms with Crippen LogP contribution in [0.2, 0.25) is 0 Å². The molecule has 1 aromatic heterocycles. The van der Waals surface area contributed by atoms with Crippen molar-refractivity contribution in [2.24, 2.45) is 0 Å². The van der Waals surface area contributed by atoms with Gasteiger partial charge < -0.3 is 19.9 Å². The van der Waals surface area contributed by atoms with Crippen LogP contribution >= 0.6 is 11.3 Å². The number of allylic oxidation sites excluding steroid dienone is 1. The Morgan fingerprint density at radius 3 is 2.54 bits per heavy atom. The molecule has 0 fully saturated rings. The lowest BCUT2D eigenvalue weighted by Crippen LogP contribution is -2.40. The molecule has 0 aromatic carbocycles. The molecule has 0 saturated heterocycles. The quantitative estimate of drug-likeness (QED) is 0.766. The number of hydrogen-bond acceptors (Lipinski definition) is 6. The van der Waals surface area contributed by atoms with E-state index in [1.807, 2.05) is 44.7 Å². The second-order valence-corrected chi connectivity index (χ2v) is 7.24. The van der Waals surface area contributed by atoms with Crippen LogP contribution in [0, 0.1) is 0 Å². The molecular formula is C19H31N3O3S. The molecule has 0 saturated carbocycles. The van der Waals surface area contributed by atoms with Crippen LogP contribution < -0.4 is 5.32 Å². The summed E-state index contributed by atoms with van der Waals surface area (Å²) in [6.45, 7) is 13.4. The molecule has 1 aliphatic rings. The summed E-state index contributed by atoms with van der Waals surface area (Å²) in [4.78, 5) is 29.4. The minimum Gasteiger partial charge on any atom is -0.462 e. The summed E-state index contributed by atoms with van der Waals surface area (Å²) < 4.78 is 5.21. The third kappa shape index (κ3) is 5.57. The van der Waals surface area contributed by atoms with Crippen LogP contribution in [0.4, 0.5) is 5.00 Å². The van der Waals surface area contributed by atoms with Gasteiger partial charge in [0.1, 0.15) is 5.00 Å². The molecule has 0 atom stereocenters. The first-order valence-electron chi connectivity index (χ1n) is 9.00. The molecule has 6 nitrogen and oxygen atoms in total. The van der Waals surface area contributed by atoms with Crippen molar-refractivity contribution in [3.05, 3.63) is 28.3 Å². The Kier molecular flexibility index (Phi) is 8.81. The molecule has 1 aliphatic heterocycles. The van der Waals surface area contributed by atoms with E-state index >= 15 is 0 Å². The van der Waals surface area contributed by atoms with Crippen LogP contribution in [-0.2, 0) is 22.5 Å². The molecule has 7 heteroatoms. The normalized spacial score (nSPS) is 12.8. The van der Waals surface area contributed by atoms with Gasteiger partial charge in [0.15, 0.2) is 0 Å². The molecular weight excluding hydrogens is 350 g/mol. The van der Waals surface area contributed by atoms with Gasteiger partial charge in [0, 0.05) is 17.1 Å². The number of ether oxygens (including phenoxy) is 1. The molecule has 2 rings (SSSR count). The van der Waals surface area contributed by atoms with E-state index in [4.69, 9.17) is 4.74 Å². The fourth-order valence-electron chi connectivity index (χ4n) is 2.69. The first kappa shape index (κ1) is 22.2. The molecule has 0 radical (unpaired) electrons. The summed E-state index contributed by atoms with van der Waals surface area (Å²) in [7, 11) is 3.76. The lowest BCUT2D eigenvalue weighted by Gasteiger charge is -2.28. The average molecular weight is 382 g/mol. The number of esters is 1. The Morgan fingerprint density at radius 1 is 1.35 bits per heavy atom. The summed E-state index contributed by atoms with van der Waals surface area (Å²) in [5.74, 6) is -0.210. The van der Waals surface area contributed by atoms with Crippen LogP contribution in [0.5, 0.6) is 0 Å². The first-order chi connectivity index (χ1) is 12.3. The van der Waals surface area contributed by atoms with Crippen molar-refractivity contribution in [1.82, 2.24) is 9.80 Å². The Balaban J connectivity index is 0.00000163. The SMILES string of the molecule is C=C(C)Nc1sc2c(c1C(=O)OCC)CCN(C(=O)CN(C)C)C2.CC. The summed E-state index contributed by atoms with van der Waals surface area (Å²) in [5, 5.41) is 3.92. The number of likely N-dealkylation sites (N-methyl/N-ethyl adjacent to an activating group) is 1. The van der Waals surface area contributed by atoms with Crippen molar-refractivity contribution in [3.8, 4) is 0 Å². The zero-order valence-corrected chi connectivity index (χ0v) is 17.6. The lowest BCUT2D eigenvalue weighted by molar-refractivity contribution is -0.132. The maximum absolute atomic E-state index is 12.4. The van der Waals surface area contributed by atoms with Gasteiger partial charge in [-0.2, -0.15) is 0 Å². The van der Waals surface area contributed by atoms with Gasteiger partial charge in [-0.25, -0.2) is 4.79 Å². The predicted octanol–water partition coefficient (Wildman–Crippen LogP) is 3.34.